The number of carbonyl (C=O) groups is 2. The van der Waals surface area contributed by atoms with Crippen LogP contribution in [0.2, 0.25) is 0 Å². The van der Waals surface area contributed by atoms with Crippen molar-refractivity contribution in [1.29, 1.82) is 0 Å². The first-order chi connectivity index (χ1) is 4.81. The van der Waals surface area contributed by atoms with Crippen LogP contribution in [0.25, 0.3) is 0 Å². The van der Waals surface area contributed by atoms with Crippen LogP contribution < -0.4 is 9.86 Å². The molecule has 11 heavy (non-hydrogen) atoms. The SMILES string of the molecule is CC(=O)CC(=O)NS(N)(=O)=O. The average molecular weight is 180 g/mol. The third-order valence-electron chi connectivity index (χ3n) is 0.666. The number of hydrogen-bond donors (Lipinski definition) is 2. The molecule has 0 aromatic carbocycles. The molecule has 0 aliphatic rings. The molecule has 0 aromatic heterocycles. The number of amides is 1. The Labute approximate surface area is 63.9 Å². The second-order valence-electron chi connectivity index (χ2n) is 1.95. The van der Waals surface area contributed by atoms with Gasteiger partial charge in [-0.15, -0.1) is 0 Å². The van der Waals surface area contributed by atoms with Crippen LogP contribution in [0.4, 0.5) is 0 Å². The predicted molar refractivity (Wildman–Crippen MR) is 36.5 cm³/mol. The summed E-state index contributed by atoms with van der Waals surface area (Å²) >= 11 is 0. The van der Waals surface area contributed by atoms with Gasteiger partial charge < -0.3 is 0 Å². The van der Waals surface area contributed by atoms with Gasteiger partial charge in [0, 0.05) is 0 Å². The molecule has 0 spiro atoms. The summed E-state index contributed by atoms with van der Waals surface area (Å²) in [5.41, 5.74) is 0. The lowest BCUT2D eigenvalue weighted by atomic mass is 10.3. The highest BCUT2D eigenvalue weighted by Crippen LogP contribution is 1.81. The molecule has 0 radical (unpaired) electrons. The lowest BCUT2D eigenvalue weighted by molar-refractivity contribution is -0.126. The van der Waals surface area contributed by atoms with Crippen molar-refractivity contribution >= 4 is 21.9 Å². The van der Waals surface area contributed by atoms with Crippen molar-refractivity contribution in [2.45, 2.75) is 13.3 Å². The summed E-state index contributed by atoms with van der Waals surface area (Å²) in [7, 11) is -4.02. The van der Waals surface area contributed by atoms with Gasteiger partial charge in [0.15, 0.2) is 0 Å². The number of rotatable bonds is 3. The molecule has 1 amide bonds. The van der Waals surface area contributed by atoms with Gasteiger partial charge in [0.25, 0.3) is 10.2 Å². The molecule has 0 atom stereocenters. The van der Waals surface area contributed by atoms with Gasteiger partial charge in [-0.3, -0.25) is 9.59 Å². The summed E-state index contributed by atoms with van der Waals surface area (Å²) < 4.78 is 21.8. The lowest BCUT2D eigenvalue weighted by Gasteiger charge is -1.97. The zero-order valence-electron chi connectivity index (χ0n) is 5.83. The maximum absolute atomic E-state index is 10.5. The first-order valence-corrected chi connectivity index (χ1v) is 4.18. The number of ketones is 1. The molecule has 0 aliphatic heterocycles. The molecule has 0 bridgehead atoms. The zero-order chi connectivity index (χ0) is 9.07. The smallest absolute Gasteiger partial charge is 0.298 e. The van der Waals surface area contributed by atoms with Gasteiger partial charge in [-0.25, -0.2) is 9.86 Å². The molecular formula is C4H8N2O4S. The summed E-state index contributed by atoms with van der Waals surface area (Å²) in [5.74, 6) is -1.34. The Kier molecular flexibility index (Phi) is 3.15. The Balaban J connectivity index is 4.01. The van der Waals surface area contributed by atoms with Gasteiger partial charge in [0.1, 0.15) is 5.78 Å². The van der Waals surface area contributed by atoms with E-state index >= 15 is 0 Å². The number of nitrogens with two attached hydrogens (primary N) is 1. The Hall–Kier alpha value is -0.950. The van der Waals surface area contributed by atoms with E-state index in [-0.39, 0.29) is 0 Å². The first kappa shape index (κ1) is 10.0. The average Bonchev–Trinajstić information content (AvgIpc) is 1.53. The van der Waals surface area contributed by atoms with Gasteiger partial charge >= 0.3 is 0 Å². The van der Waals surface area contributed by atoms with E-state index in [0.717, 1.165) is 0 Å². The summed E-state index contributed by atoms with van der Waals surface area (Å²) in [6.45, 7) is 1.17. The Morgan fingerprint density at radius 2 is 1.91 bits per heavy atom. The second kappa shape index (κ2) is 3.44. The first-order valence-electron chi connectivity index (χ1n) is 2.64. The van der Waals surface area contributed by atoms with Crippen LogP contribution in [-0.4, -0.2) is 20.1 Å². The fourth-order valence-electron chi connectivity index (χ4n) is 0.421. The van der Waals surface area contributed by atoms with Crippen molar-refractivity contribution in [1.82, 2.24) is 4.72 Å². The predicted octanol–water partition coefficient (Wildman–Crippen LogP) is -1.71. The van der Waals surface area contributed by atoms with Gasteiger partial charge in [0.2, 0.25) is 5.91 Å². The third-order valence-corrected chi connectivity index (χ3v) is 1.18. The molecule has 6 nitrogen and oxygen atoms in total. The largest absolute Gasteiger partial charge is 0.299 e. The lowest BCUT2D eigenvalue weighted by Crippen LogP contribution is -2.36. The topological polar surface area (TPSA) is 106 Å². The Morgan fingerprint density at radius 3 is 2.18 bits per heavy atom. The third kappa shape index (κ3) is 6.94. The normalized spacial score (nSPS) is 10.7. The number of hydrogen-bond acceptors (Lipinski definition) is 4. The molecule has 64 valence electrons. The van der Waals surface area contributed by atoms with Crippen molar-refractivity contribution in [2.75, 3.05) is 0 Å². The Bertz CT molecular complexity index is 268. The summed E-state index contributed by atoms with van der Waals surface area (Å²) in [4.78, 5) is 20.7. The summed E-state index contributed by atoms with van der Waals surface area (Å²) in [5, 5.41) is 4.44. The van der Waals surface area contributed by atoms with Crippen molar-refractivity contribution in [3.05, 3.63) is 0 Å². The molecule has 3 N–H and O–H groups in total. The van der Waals surface area contributed by atoms with Crippen molar-refractivity contribution < 1.29 is 18.0 Å². The molecule has 0 rings (SSSR count). The van der Waals surface area contributed by atoms with Crippen molar-refractivity contribution in [3.63, 3.8) is 0 Å². The molecular weight excluding hydrogens is 172 g/mol. The monoisotopic (exact) mass is 180 g/mol. The number of nitrogens with one attached hydrogen (secondary N) is 1. The molecule has 0 fully saturated rings. The van der Waals surface area contributed by atoms with E-state index in [1.165, 1.54) is 11.6 Å². The van der Waals surface area contributed by atoms with Crippen molar-refractivity contribution in [3.8, 4) is 0 Å². The van der Waals surface area contributed by atoms with E-state index in [1.54, 1.807) is 0 Å². The molecule has 0 saturated heterocycles. The van der Waals surface area contributed by atoms with E-state index in [1.807, 2.05) is 0 Å². The van der Waals surface area contributed by atoms with Gasteiger partial charge in [-0.1, -0.05) is 0 Å². The standard InChI is InChI=1S/C4H8N2O4S/c1-3(7)2-4(8)6-11(5,9)10/h2H2,1H3,(H,6,8)(H2,5,9,10). The quantitative estimate of drug-likeness (QED) is 0.504. The zero-order valence-corrected chi connectivity index (χ0v) is 6.64. The van der Waals surface area contributed by atoms with E-state index in [2.05, 4.69) is 5.14 Å². The van der Waals surface area contributed by atoms with E-state index in [4.69, 9.17) is 0 Å². The van der Waals surface area contributed by atoms with Gasteiger partial charge in [-0.2, -0.15) is 8.42 Å². The number of carbonyl (C=O) groups excluding carboxylic acids is 2. The van der Waals surface area contributed by atoms with E-state index in [0.29, 0.717) is 0 Å². The molecule has 0 unspecified atom stereocenters. The molecule has 0 aliphatic carbocycles. The van der Waals surface area contributed by atoms with Crippen molar-refractivity contribution in [2.24, 2.45) is 5.14 Å². The fourth-order valence-corrected chi connectivity index (χ4v) is 0.810. The molecule has 0 heterocycles. The molecule has 7 heteroatoms. The highest BCUT2D eigenvalue weighted by molar-refractivity contribution is 7.87. The van der Waals surface area contributed by atoms with Gasteiger partial charge in [0.05, 0.1) is 6.42 Å². The number of Topliss-reactive ketones (excluding diaryl/α,β-unsaturated/α-hetero) is 1. The maximum atomic E-state index is 10.5. The highest BCUT2D eigenvalue weighted by atomic mass is 32.2. The minimum atomic E-state index is -4.02. The molecule has 0 saturated carbocycles. The second-order valence-corrected chi connectivity index (χ2v) is 3.24. The van der Waals surface area contributed by atoms with Crippen LogP contribution in [0, 0.1) is 0 Å². The fraction of sp³-hybridized carbons (Fsp3) is 0.500. The summed E-state index contributed by atoms with van der Waals surface area (Å²) in [6.07, 6.45) is -0.476. The van der Waals surface area contributed by atoms with E-state index in [9.17, 15) is 18.0 Å². The van der Waals surface area contributed by atoms with Crippen LogP contribution in [0.5, 0.6) is 0 Å². The van der Waals surface area contributed by atoms with Crippen LogP contribution in [-0.2, 0) is 19.8 Å². The van der Waals surface area contributed by atoms with Crippen LogP contribution >= 0.6 is 0 Å². The maximum Gasteiger partial charge on any atom is 0.298 e. The highest BCUT2D eigenvalue weighted by Gasteiger charge is 2.09. The Morgan fingerprint density at radius 1 is 1.45 bits per heavy atom. The summed E-state index contributed by atoms with van der Waals surface area (Å²) in [6, 6.07) is 0. The van der Waals surface area contributed by atoms with Crippen LogP contribution in [0.15, 0.2) is 0 Å². The minimum absolute atomic E-state index is 0.425. The van der Waals surface area contributed by atoms with E-state index < -0.39 is 28.3 Å². The molecule has 0 aromatic rings. The van der Waals surface area contributed by atoms with Crippen LogP contribution in [0.1, 0.15) is 13.3 Å². The van der Waals surface area contributed by atoms with Crippen LogP contribution in [0.3, 0.4) is 0 Å². The van der Waals surface area contributed by atoms with Gasteiger partial charge in [-0.05, 0) is 6.92 Å². The minimum Gasteiger partial charge on any atom is -0.299 e.